The lowest BCUT2D eigenvalue weighted by Crippen LogP contribution is -2.40. The van der Waals surface area contributed by atoms with Gasteiger partial charge in [-0.3, -0.25) is 4.79 Å². The highest BCUT2D eigenvalue weighted by Crippen LogP contribution is 2.30. The van der Waals surface area contributed by atoms with Crippen LogP contribution in [0.3, 0.4) is 0 Å². The Balaban J connectivity index is 1.40. The molecule has 1 aliphatic heterocycles. The van der Waals surface area contributed by atoms with E-state index in [1.807, 2.05) is 24.3 Å². The molecule has 0 spiro atoms. The number of likely N-dealkylation sites (tertiary alicyclic amines) is 1. The van der Waals surface area contributed by atoms with E-state index in [0.29, 0.717) is 11.4 Å². The average molecular weight is 433 g/mol. The summed E-state index contributed by atoms with van der Waals surface area (Å²) in [5, 5.41) is 0. The highest BCUT2D eigenvalue weighted by molar-refractivity contribution is 8.01. The molecule has 3 aromatic rings. The third-order valence-electron chi connectivity index (χ3n) is 4.80. The first kappa shape index (κ1) is 19.4. The van der Waals surface area contributed by atoms with Gasteiger partial charge in [-0.2, -0.15) is 0 Å². The number of carbonyl (C=O) groups is 1. The van der Waals surface area contributed by atoms with Crippen LogP contribution in [0.2, 0.25) is 0 Å². The van der Waals surface area contributed by atoms with Gasteiger partial charge in [0.05, 0.1) is 26.6 Å². The van der Waals surface area contributed by atoms with E-state index in [2.05, 4.69) is 4.98 Å². The van der Waals surface area contributed by atoms with Crippen molar-refractivity contribution in [3.8, 4) is 0 Å². The van der Waals surface area contributed by atoms with Crippen LogP contribution in [0.4, 0.5) is 0 Å². The van der Waals surface area contributed by atoms with E-state index in [1.54, 1.807) is 46.6 Å². The van der Waals surface area contributed by atoms with Crippen LogP contribution in [0.1, 0.15) is 12.8 Å². The molecule has 0 saturated carbocycles. The smallest absolute Gasteiger partial charge is 0.233 e. The molecular formula is C20H20N2O3S3. The molecule has 1 amide bonds. The van der Waals surface area contributed by atoms with Crippen LogP contribution in [-0.4, -0.2) is 48.3 Å². The molecule has 1 fully saturated rings. The van der Waals surface area contributed by atoms with Crippen LogP contribution in [0.15, 0.2) is 63.8 Å². The SMILES string of the molecule is O=C(CSc1nc2ccccc2s1)N1CCCC1CS(=O)(=O)c1ccccc1. The minimum Gasteiger partial charge on any atom is -0.338 e. The third-order valence-corrected chi connectivity index (χ3v) is 8.78. The monoisotopic (exact) mass is 432 g/mol. The fraction of sp³-hybridized carbons (Fsp3) is 0.300. The standard InChI is InChI=1S/C20H20N2O3S3/c23-19(13-26-20-21-17-10-4-5-11-18(17)27-20)22-12-6-7-15(22)14-28(24,25)16-8-2-1-3-9-16/h1-5,8-11,15H,6-7,12-14H2. The molecule has 0 aliphatic carbocycles. The summed E-state index contributed by atoms with van der Waals surface area (Å²) in [6.45, 7) is 0.619. The maximum Gasteiger partial charge on any atom is 0.233 e. The van der Waals surface area contributed by atoms with Gasteiger partial charge in [0.2, 0.25) is 5.91 Å². The molecule has 146 valence electrons. The molecule has 0 N–H and O–H groups in total. The van der Waals surface area contributed by atoms with Gasteiger partial charge in [-0.15, -0.1) is 11.3 Å². The zero-order chi connectivity index (χ0) is 19.6. The first-order chi connectivity index (χ1) is 13.5. The molecule has 4 rings (SSSR count). The number of nitrogens with zero attached hydrogens (tertiary/aromatic N) is 2. The van der Waals surface area contributed by atoms with Crippen LogP contribution in [-0.2, 0) is 14.6 Å². The topological polar surface area (TPSA) is 67.3 Å². The summed E-state index contributed by atoms with van der Waals surface area (Å²) in [5.41, 5.74) is 0.940. The first-order valence-corrected chi connectivity index (χ1v) is 12.5. The second kappa shape index (κ2) is 8.23. The number of thiazole rings is 1. The predicted molar refractivity (Wildman–Crippen MR) is 114 cm³/mol. The summed E-state index contributed by atoms with van der Waals surface area (Å²) in [4.78, 5) is 19.4. The fourth-order valence-corrected chi connectivity index (χ4v) is 7.01. The Morgan fingerprint density at radius 1 is 1.14 bits per heavy atom. The van der Waals surface area contributed by atoms with E-state index < -0.39 is 9.84 Å². The zero-order valence-electron chi connectivity index (χ0n) is 15.2. The van der Waals surface area contributed by atoms with Crippen molar-refractivity contribution in [1.29, 1.82) is 0 Å². The largest absolute Gasteiger partial charge is 0.338 e. The number of sulfone groups is 1. The van der Waals surface area contributed by atoms with Crippen molar-refractivity contribution in [3.63, 3.8) is 0 Å². The van der Waals surface area contributed by atoms with Gasteiger partial charge in [-0.1, -0.05) is 42.1 Å². The highest BCUT2D eigenvalue weighted by Gasteiger charge is 2.33. The summed E-state index contributed by atoms with van der Waals surface area (Å²) in [6.07, 6.45) is 1.57. The average Bonchev–Trinajstić information content (AvgIpc) is 3.33. The van der Waals surface area contributed by atoms with Gasteiger partial charge < -0.3 is 4.90 Å². The quantitative estimate of drug-likeness (QED) is 0.554. The fourth-order valence-electron chi connectivity index (χ4n) is 3.43. The maximum absolute atomic E-state index is 12.8. The Morgan fingerprint density at radius 3 is 2.68 bits per heavy atom. The van der Waals surface area contributed by atoms with Gasteiger partial charge in [0.1, 0.15) is 0 Å². The van der Waals surface area contributed by atoms with Crippen LogP contribution in [0, 0.1) is 0 Å². The normalized spacial score (nSPS) is 17.3. The van der Waals surface area contributed by atoms with Gasteiger partial charge in [0.25, 0.3) is 0 Å². The van der Waals surface area contributed by atoms with Crippen molar-refractivity contribution in [2.24, 2.45) is 0 Å². The van der Waals surface area contributed by atoms with Crippen LogP contribution in [0.25, 0.3) is 10.2 Å². The van der Waals surface area contributed by atoms with Gasteiger partial charge in [-0.05, 0) is 37.1 Å². The molecule has 8 heteroatoms. The lowest BCUT2D eigenvalue weighted by molar-refractivity contribution is -0.128. The number of hydrogen-bond acceptors (Lipinski definition) is 6. The number of amides is 1. The van der Waals surface area contributed by atoms with Gasteiger partial charge >= 0.3 is 0 Å². The Bertz CT molecular complexity index is 1050. The molecule has 0 bridgehead atoms. The minimum atomic E-state index is -3.41. The van der Waals surface area contributed by atoms with E-state index in [1.165, 1.54) is 11.8 Å². The molecule has 1 atom stereocenters. The summed E-state index contributed by atoms with van der Waals surface area (Å²) in [6, 6.07) is 16.1. The first-order valence-electron chi connectivity index (χ1n) is 9.08. The Labute approximate surface area is 172 Å². The Morgan fingerprint density at radius 2 is 1.89 bits per heavy atom. The van der Waals surface area contributed by atoms with E-state index in [0.717, 1.165) is 27.4 Å². The number of thioether (sulfide) groups is 1. The second-order valence-corrected chi connectivity index (χ2v) is 11.0. The molecule has 1 saturated heterocycles. The number of aromatic nitrogens is 1. The molecule has 1 unspecified atom stereocenters. The second-order valence-electron chi connectivity index (χ2n) is 6.71. The number of para-hydroxylation sites is 1. The molecule has 2 heterocycles. The summed E-state index contributed by atoms with van der Waals surface area (Å²) >= 11 is 3.00. The number of fused-ring (bicyclic) bond motifs is 1. The van der Waals surface area contributed by atoms with Gasteiger partial charge in [-0.25, -0.2) is 13.4 Å². The summed E-state index contributed by atoms with van der Waals surface area (Å²) in [5.74, 6) is 0.242. The summed E-state index contributed by atoms with van der Waals surface area (Å²) in [7, 11) is -3.41. The number of hydrogen-bond donors (Lipinski definition) is 0. The van der Waals surface area contributed by atoms with E-state index in [-0.39, 0.29) is 23.5 Å². The lowest BCUT2D eigenvalue weighted by Gasteiger charge is -2.24. The molecule has 1 aromatic heterocycles. The van der Waals surface area contributed by atoms with Crippen LogP contribution >= 0.6 is 23.1 Å². The van der Waals surface area contributed by atoms with Crippen molar-refractivity contribution >= 4 is 49.1 Å². The number of rotatable bonds is 6. The van der Waals surface area contributed by atoms with Gasteiger partial charge in [0.15, 0.2) is 14.2 Å². The predicted octanol–water partition coefficient (Wildman–Crippen LogP) is 3.85. The lowest BCUT2D eigenvalue weighted by atomic mass is 10.2. The van der Waals surface area contributed by atoms with Crippen molar-refractivity contribution < 1.29 is 13.2 Å². The van der Waals surface area contributed by atoms with Gasteiger partial charge in [0, 0.05) is 12.6 Å². The molecule has 5 nitrogen and oxygen atoms in total. The summed E-state index contributed by atoms with van der Waals surface area (Å²) < 4.78 is 27.3. The molecular weight excluding hydrogens is 412 g/mol. The van der Waals surface area contributed by atoms with E-state index >= 15 is 0 Å². The zero-order valence-corrected chi connectivity index (χ0v) is 17.6. The van der Waals surface area contributed by atoms with Crippen molar-refractivity contribution in [3.05, 3.63) is 54.6 Å². The molecule has 0 radical (unpaired) electrons. The van der Waals surface area contributed by atoms with E-state index in [9.17, 15) is 13.2 Å². The number of benzene rings is 2. The Hall–Kier alpha value is -1.90. The highest BCUT2D eigenvalue weighted by atomic mass is 32.2. The van der Waals surface area contributed by atoms with Crippen molar-refractivity contribution in [2.75, 3.05) is 18.1 Å². The molecule has 1 aliphatic rings. The third kappa shape index (κ3) is 4.24. The van der Waals surface area contributed by atoms with Crippen molar-refractivity contribution in [1.82, 2.24) is 9.88 Å². The molecule has 28 heavy (non-hydrogen) atoms. The van der Waals surface area contributed by atoms with Crippen molar-refractivity contribution in [2.45, 2.75) is 28.1 Å². The molecule has 2 aromatic carbocycles. The Kier molecular flexibility index (Phi) is 5.70. The maximum atomic E-state index is 12.8. The van der Waals surface area contributed by atoms with Crippen LogP contribution < -0.4 is 0 Å². The minimum absolute atomic E-state index is 0.0185. The van der Waals surface area contributed by atoms with Crippen LogP contribution in [0.5, 0.6) is 0 Å². The van der Waals surface area contributed by atoms with E-state index in [4.69, 9.17) is 0 Å². The number of carbonyl (C=O) groups excluding carboxylic acids is 1.